The number of aliphatic hydroxyl groups is 1. The minimum absolute atomic E-state index is 0.314. The molecule has 4 fully saturated rings. The Balaban J connectivity index is 0.000000293. The van der Waals surface area contributed by atoms with E-state index in [0.717, 1.165) is 24.9 Å². The Kier molecular flexibility index (Phi) is 8.23. The van der Waals surface area contributed by atoms with Crippen LogP contribution in [0.2, 0.25) is 0 Å². The molecule has 3 aliphatic heterocycles. The number of carbonyl (C=O) groups is 2. The van der Waals surface area contributed by atoms with Crippen LogP contribution >= 0.6 is 0 Å². The molecular formula is C24H33NO6. The summed E-state index contributed by atoms with van der Waals surface area (Å²) in [6, 6.07) is 10.2. The lowest BCUT2D eigenvalue weighted by Crippen LogP contribution is -2.53. The summed E-state index contributed by atoms with van der Waals surface area (Å²) in [7, 11) is 0. The average molecular weight is 432 g/mol. The van der Waals surface area contributed by atoms with Gasteiger partial charge < -0.3 is 25.0 Å². The van der Waals surface area contributed by atoms with Crippen molar-refractivity contribution < 1.29 is 29.6 Å². The Hall–Kier alpha value is -2.22. The normalized spacial score (nSPS) is 27.5. The van der Waals surface area contributed by atoms with Crippen LogP contribution in [0.15, 0.2) is 42.5 Å². The summed E-state index contributed by atoms with van der Waals surface area (Å²) in [5.74, 6) is -1.48. The Morgan fingerprint density at radius 3 is 2.06 bits per heavy atom. The van der Waals surface area contributed by atoms with E-state index in [-0.39, 0.29) is 0 Å². The number of carboxylic acids is 2. The molecule has 3 heterocycles. The van der Waals surface area contributed by atoms with Crippen molar-refractivity contribution in [2.45, 2.75) is 50.2 Å². The summed E-state index contributed by atoms with van der Waals surface area (Å²) in [5.41, 5.74) is 0.220. The molecule has 3 saturated heterocycles. The zero-order chi connectivity index (χ0) is 22.3. The minimum Gasteiger partial charge on any atom is -0.478 e. The molecule has 1 aliphatic carbocycles. The molecule has 0 radical (unpaired) electrons. The standard InChI is InChI=1S/C20H29NO2.C4H4O4/c22-20(18-8-4-5-9-18,17-6-2-1-3-7-17)15-23-19-14-21-12-10-16(19)11-13-21;5-3(6)1-2-4(7)8/h1-3,6-7,16,18-19,22H,4-5,8-15H2;1-2H,(H,5,6)(H,7,8)/b;2-1-/t19-,20-;/m0./s1. The van der Waals surface area contributed by atoms with Gasteiger partial charge in [0.25, 0.3) is 0 Å². The fourth-order valence-corrected chi connectivity index (χ4v) is 5.04. The summed E-state index contributed by atoms with van der Waals surface area (Å²) in [5, 5.41) is 27.2. The quantitative estimate of drug-likeness (QED) is 0.570. The number of rotatable bonds is 7. The molecule has 1 aromatic carbocycles. The molecule has 1 saturated carbocycles. The van der Waals surface area contributed by atoms with Crippen molar-refractivity contribution in [2.75, 3.05) is 26.2 Å². The molecule has 0 spiro atoms. The lowest BCUT2D eigenvalue weighted by molar-refractivity contribution is -0.143. The van der Waals surface area contributed by atoms with E-state index in [9.17, 15) is 14.7 Å². The number of nitrogens with zero attached hydrogens (tertiary/aromatic N) is 1. The predicted octanol–water partition coefficient (Wildman–Crippen LogP) is 2.89. The monoisotopic (exact) mass is 431 g/mol. The van der Waals surface area contributed by atoms with Gasteiger partial charge in [0.1, 0.15) is 5.60 Å². The third kappa shape index (κ3) is 6.38. The van der Waals surface area contributed by atoms with E-state index in [1.54, 1.807) is 0 Å². The number of ether oxygens (including phenoxy) is 1. The highest BCUT2D eigenvalue weighted by Crippen LogP contribution is 2.41. The second kappa shape index (κ2) is 10.9. The number of hydrogen-bond donors (Lipinski definition) is 3. The lowest BCUT2D eigenvalue weighted by Gasteiger charge is -2.46. The van der Waals surface area contributed by atoms with Crippen LogP contribution in [0.1, 0.15) is 44.1 Å². The molecule has 4 aliphatic rings. The lowest BCUT2D eigenvalue weighted by atomic mass is 9.80. The number of benzene rings is 1. The third-order valence-corrected chi connectivity index (χ3v) is 6.79. The predicted molar refractivity (Wildman–Crippen MR) is 116 cm³/mol. The van der Waals surface area contributed by atoms with Crippen LogP contribution in [-0.4, -0.2) is 64.5 Å². The zero-order valence-corrected chi connectivity index (χ0v) is 17.9. The van der Waals surface area contributed by atoms with Gasteiger partial charge in [0.2, 0.25) is 0 Å². The molecule has 2 atom stereocenters. The van der Waals surface area contributed by atoms with Crippen LogP contribution < -0.4 is 0 Å². The first-order chi connectivity index (χ1) is 14.9. The summed E-state index contributed by atoms with van der Waals surface area (Å²) >= 11 is 0. The van der Waals surface area contributed by atoms with E-state index >= 15 is 0 Å². The van der Waals surface area contributed by atoms with Crippen molar-refractivity contribution >= 4 is 11.9 Å². The van der Waals surface area contributed by atoms with E-state index in [0.29, 0.717) is 36.7 Å². The van der Waals surface area contributed by atoms with Gasteiger partial charge in [0.15, 0.2) is 0 Å². The van der Waals surface area contributed by atoms with Gasteiger partial charge in [-0.25, -0.2) is 9.59 Å². The van der Waals surface area contributed by atoms with Gasteiger partial charge >= 0.3 is 11.9 Å². The number of carboxylic acid groups (broad SMARTS) is 2. The third-order valence-electron chi connectivity index (χ3n) is 6.79. The van der Waals surface area contributed by atoms with Gasteiger partial charge in [-0.15, -0.1) is 0 Å². The van der Waals surface area contributed by atoms with E-state index in [4.69, 9.17) is 14.9 Å². The Morgan fingerprint density at radius 2 is 1.58 bits per heavy atom. The molecule has 31 heavy (non-hydrogen) atoms. The Bertz CT molecular complexity index is 737. The number of aliphatic carboxylic acids is 2. The van der Waals surface area contributed by atoms with Gasteiger partial charge in [-0.05, 0) is 56.2 Å². The maximum absolute atomic E-state index is 11.5. The first-order valence-corrected chi connectivity index (χ1v) is 11.1. The number of fused-ring (bicyclic) bond motifs is 3. The molecule has 3 N–H and O–H groups in total. The maximum atomic E-state index is 11.5. The minimum atomic E-state index is -1.26. The first kappa shape index (κ1) is 23.4. The molecule has 7 heteroatoms. The topological polar surface area (TPSA) is 107 Å². The van der Waals surface area contributed by atoms with Gasteiger partial charge in [-0.1, -0.05) is 43.2 Å². The largest absolute Gasteiger partial charge is 0.478 e. The molecule has 170 valence electrons. The van der Waals surface area contributed by atoms with Crippen LogP contribution in [0.25, 0.3) is 0 Å². The van der Waals surface area contributed by atoms with Crippen LogP contribution in [0, 0.1) is 11.8 Å². The Labute approximate surface area is 183 Å². The van der Waals surface area contributed by atoms with Gasteiger partial charge in [0.05, 0.1) is 12.7 Å². The summed E-state index contributed by atoms with van der Waals surface area (Å²) in [6.45, 7) is 3.98. The molecule has 0 amide bonds. The maximum Gasteiger partial charge on any atom is 0.328 e. The van der Waals surface area contributed by atoms with Crippen molar-refractivity contribution in [2.24, 2.45) is 11.8 Å². The molecule has 1 aromatic rings. The van der Waals surface area contributed by atoms with Crippen LogP contribution in [0.4, 0.5) is 0 Å². The highest BCUT2D eigenvalue weighted by molar-refractivity contribution is 5.89. The van der Waals surface area contributed by atoms with Crippen molar-refractivity contribution in [1.29, 1.82) is 0 Å². The second-order valence-electron chi connectivity index (χ2n) is 8.77. The highest BCUT2D eigenvalue weighted by Gasteiger charge is 2.42. The zero-order valence-electron chi connectivity index (χ0n) is 17.9. The summed E-state index contributed by atoms with van der Waals surface area (Å²) in [6.07, 6.45) is 8.66. The smallest absolute Gasteiger partial charge is 0.328 e. The second-order valence-corrected chi connectivity index (χ2v) is 8.77. The fourth-order valence-electron chi connectivity index (χ4n) is 5.04. The Morgan fingerprint density at radius 1 is 1.00 bits per heavy atom. The highest BCUT2D eigenvalue weighted by atomic mass is 16.5. The van der Waals surface area contributed by atoms with Crippen molar-refractivity contribution in [3.05, 3.63) is 48.0 Å². The van der Waals surface area contributed by atoms with Crippen molar-refractivity contribution in [1.82, 2.24) is 4.90 Å². The van der Waals surface area contributed by atoms with E-state index in [1.807, 2.05) is 18.2 Å². The number of hydrogen-bond acceptors (Lipinski definition) is 5. The van der Waals surface area contributed by atoms with Crippen molar-refractivity contribution in [3.8, 4) is 0 Å². The molecular weight excluding hydrogens is 398 g/mol. The van der Waals surface area contributed by atoms with Gasteiger partial charge in [0, 0.05) is 18.7 Å². The van der Waals surface area contributed by atoms with Crippen LogP contribution in [0.5, 0.6) is 0 Å². The molecule has 0 aromatic heterocycles. The summed E-state index contributed by atoms with van der Waals surface area (Å²) in [4.78, 5) is 21.6. The average Bonchev–Trinajstić information content (AvgIpc) is 3.34. The van der Waals surface area contributed by atoms with Crippen molar-refractivity contribution in [3.63, 3.8) is 0 Å². The molecule has 7 nitrogen and oxygen atoms in total. The van der Waals surface area contributed by atoms with Gasteiger partial charge in [-0.3, -0.25) is 0 Å². The molecule has 0 unspecified atom stereocenters. The number of piperidine rings is 3. The molecule has 2 bridgehead atoms. The summed E-state index contributed by atoms with van der Waals surface area (Å²) < 4.78 is 6.36. The van der Waals surface area contributed by atoms with E-state index < -0.39 is 17.5 Å². The fraction of sp³-hybridized carbons (Fsp3) is 0.583. The van der Waals surface area contributed by atoms with Crippen LogP contribution in [-0.2, 0) is 19.9 Å². The van der Waals surface area contributed by atoms with E-state index in [2.05, 4.69) is 17.0 Å². The van der Waals surface area contributed by atoms with Crippen LogP contribution in [0.3, 0.4) is 0 Å². The van der Waals surface area contributed by atoms with Gasteiger partial charge in [-0.2, -0.15) is 0 Å². The van der Waals surface area contributed by atoms with E-state index in [1.165, 1.54) is 38.8 Å². The SMILES string of the molecule is O=C(O)/C=C\C(=O)O.O[C@@](CO[C@H]1CN2CCC1CC2)(c1ccccc1)C1CCCC1. The molecule has 5 rings (SSSR count). The first-order valence-electron chi connectivity index (χ1n) is 11.1.